The topological polar surface area (TPSA) is 59.5 Å². The highest BCUT2D eigenvalue weighted by atomic mass is 16.5. The third-order valence-electron chi connectivity index (χ3n) is 5.26. The number of ether oxygens (including phenoxy) is 2. The molecule has 2 aliphatic rings. The van der Waals surface area contributed by atoms with Crippen molar-refractivity contribution in [1.29, 1.82) is 0 Å². The number of benzene rings is 1. The van der Waals surface area contributed by atoms with Crippen LogP contribution < -0.4 is 14.8 Å². The van der Waals surface area contributed by atoms with Gasteiger partial charge in [0.25, 0.3) is 0 Å². The Labute approximate surface area is 154 Å². The minimum Gasteiger partial charge on any atom is -0.493 e. The average molecular weight is 354 g/mol. The maximum Gasteiger partial charge on any atom is 0.161 e. The van der Waals surface area contributed by atoms with Crippen LogP contribution in [-0.2, 0) is 19.5 Å². The fraction of sp³-hybridized carbons (Fsp3) is 0.500. The zero-order valence-electron chi connectivity index (χ0n) is 15.5. The highest BCUT2D eigenvalue weighted by Gasteiger charge is 2.23. The lowest BCUT2D eigenvalue weighted by molar-refractivity contribution is 0.241. The first-order valence-electron chi connectivity index (χ1n) is 9.28. The van der Waals surface area contributed by atoms with E-state index < -0.39 is 0 Å². The SMILES string of the molecule is COc1ccc(CN2CCc3nc([C@@H]4CCCN4)ncc3C2)cc1OC. The van der Waals surface area contributed by atoms with Crippen molar-refractivity contribution >= 4 is 0 Å². The van der Waals surface area contributed by atoms with Crippen molar-refractivity contribution in [3.63, 3.8) is 0 Å². The first-order chi connectivity index (χ1) is 12.8. The molecule has 0 amide bonds. The van der Waals surface area contributed by atoms with Gasteiger partial charge in [0, 0.05) is 43.5 Å². The van der Waals surface area contributed by atoms with Crippen molar-refractivity contribution in [2.75, 3.05) is 27.3 Å². The van der Waals surface area contributed by atoms with Crippen molar-refractivity contribution in [2.45, 2.75) is 38.4 Å². The van der Waals surface area contributed by atoms with Crippen LogP contribution in [0.2, 0.25) is 0 Å². The number of hydrogen-bond acceptors (Lipinski definition) is 6. The van der Waals surface area contributed by atoms with Gasteiger partial charge in [-0.2, -0.15) is 0 Å². The van der Waals surface area contributed by atoms with Crippen LogP contribution in [0.25, 0.3) is 0 Å². The Balaban J connectivity index is 1.45. The molecule has 1 N–H and O–H groups in total. The molecule has 0 saturated carbocycles. The Hall–Kier alpha value is -2.18. The van der Waals surface area contributed by atoms with E-state index in [1.54, 1.807) is 14.2 Å². The lowest BCUT2D eigenvalue weighted by Crippen LogP contribution is -2.31. The fourth-order valence-electron chi connectivity index (χ4n) is 3.83. The molecule has 2 aliphatic heterocycles. The predicted octanol–water partition coefficient (Wildman–Crippen LogP) is 2.48. The Morgan fingerprint density at radius 2 is 2.12 bits per heavy atom. The number of aromatic nitrogens is 2. The molecular formula is C20H26N4O2. The summed E-state index contributed by atoms with van der Waals surface area (Å²) in [4.78, 5) is 11.9. The number of hydrogen-bond donors (Lipinski definition) is 1. The van der Waals surface area contributed by atoms with Gasteiger partial charge in [-0.1, -0.05) is 6.07 Å². The lowest BCUT2D eigenvalue weighted by Gasteiger charge is -2.28. The minimum absolute atomic E-state index is 0.338. The van der Waals surface area contributed by atoms with Gasteiger partial charge in [0.1, 0.15) is 5.82 Å². The molecule has 1 aromatic heterocycles. The molecule has 4 rings (SSSR count). The van der Waals surface area contributed by atoms with Crippen LogP contribution in [0, 0.1) is 0 Å². The molecule has 0 bridgehead atoms. The second-order valence-corrected chi connectivity index (χ2v) is 7.00. The summed E-state index contributed by atoms with van der Waals surface area (Å²) in [5, 5.41) is 3.48. The molecule has 0 spiro atoms. The van der Waals surface area contributed by atoms with Crippen molar-refractivity contribution in [1.82, 2.24) is 20.2 Å². The van der Waals surface area contributed by atoms with Crippen molar-refractivity contribution < 1.29 is 9.47 Å². The van der Waals surface area contributed by atoms with Crippen LogP contribution in [-0.4, -0.2) is 42.2 Å². The summed E-state index contributed by atoms with van der Waals surface area (Å²) in [6.07, 6.45) is 5.36. The molecule has 0 unspecified atom stereocenters. The van der Waals surface area contributed by atoms with Gasteiger partial charge in [0.15, 0.2) is 11.5 Å². The Morgan fingerprint density at radius 1 is 1.23 bits per heavy atom. The highest BCUT2D eigenvalue weighted by Crippen LogP contribution is 2.29. The van der Waals surface area contributed by atoms with Gasteiger partial charge in [-0.25, -0.2) is 9.97 Å². The number of fused-ring (bicyclic) bond motifs is 1. The van der Waals surface area contributed by atoms with E-state index in [-0.39, 0.29) is 0 Å². The summed E-state index contributed by atoms with van der Waals surface area (Å²) < 4.78 is 10.7. The third-order valence-corrected chi connectivity index (χ3v) is 5.26. The smallest absolute Gasteiger partial charge is 0.161 e. The largest absolute Gasteiger partial charge is 0.493 e. The molecule has 0 aliphatic carbocycles. The number of rotatable bonds is 5. The van der Waals surface area contributed by atoms with Crippen LogP contribution in [0.3, 0.4) is 0 Å². The highest BCUT2D eigenvalue weighted by molar-refractivity contribution is 5.42. The second-order valence-electron chi connectivity index (χ2n) is 7.00. The molecule has 6 nitrogen and oxygen atoms in total. The molecule has 138 valence electrons. The van der Waals surface area contributed by atoms with E-state index >= 15 is 0 Å². The van der Waals surface area contributed by atoms with E-state index in [0.29, 0.717) is 6.04 Å². The van der Waals surface area contributed by atoms with Crippen molar-refractivity contribution in [2.24, 2.45) is 0 Å². The van der Waals surface area contributed by atoms with Crippen LogP contribution in [0.4, 0.5) is 0 Å². The average Bonchev–Trinajstić information content (AvgIpc) is 3.22. The molecule has 3 heterocycles. The normalized spacial score (nSPS) is 20.0. The first kappa shape index (κ1) is 17.2. The summed E-state index contributed by atoms with van der Waals surface area (Å²) >= 11 is 0. The number of nitrogens with zero attached hydrogens (tertiary/aromatic N) is 3. The third kappa shape index (κ3) is 3.52. The fourth-order valence-corrected chi connectivity index (χ4v) is 3.83. The Bertz CT molecular complexity index is 774. The monoisotopic (exact) mass is 354 g/mol. The number of methoxy groups -OCH3 is 2. The molecule has 6 heteroatoms. The summed E-state index contributed by atoms with van der Waals surface area (Å²) in [6.45, 7) is 3.86. The summed E-state index contributed by atoms with van der Waals surface area (Å²) in [5.41, 5.74) is 3.68. The van der Waals surface area contributed by atoms with Gasteiger partial charge < -0.3 is 14.8 Å². The Kier molecular flexibility index (Phi) is 5.04. The maximum absolute atomic E-state index is 5.41. The van der Waals surface area contributed by atoms with Crippen LogP contribution >= 0.6 is 0 Å². The summed E-state index contributed by atoms with van der Waals surface area (Å²) in [6, 6.07) is 6.46. The summed E-state index contributed by atoms with van der Waals surface area (Å²) in [5.74, 6) is 2.51. The van der Waals surface area contributed by atoms with Gasteiger partial charge in [-0.05, 0) is 37.1 Å². The standard InChI is InChI=1S/C20H26N4O2/c1-25-18-6-5-14(10-19(18)26-2)12-24-9-7-16-15(13-24)11-22-20(23-16)17-4-3-8-21-17/h5-6,10-11,17,21H,3-4,7-9,12-13H2,1-2H3/t17-/m0/s1. The van der Waals surface area contributed by atoms with Crippen molar-refractivity contribution in [3.05, 3.63) is 47.0 Å². The van der Waals surface area contributed by atoms with Crippen molar-refractivity contribution in [3.8, 4) is 11.5 Å². The van der Waals surface area contributed by atoms with Gasteiger partial charge >= 0.3 is 0 Å². The van der Waals surface area contributed by atoms with E-state index in [0.717, 1.165) is 56.3 Å². The van der Waals surface area contributed by atoms with Crippen LogP contribution in [0.15, 0.2) is 24.4 Å². The summed E-state index contributed by atoms with van der Waals surface area (Å²) in [7, 11) is 3.33. The minimum atomic E-state index is 0.338. The van der Waals surface area contributed by atoms with E-state index in [2.05, 4.69) is 27.3 Å². The van der Waals surface area contributed by atoms with E-state index in [9.17, 15) is 0 Å². The van der Waals surface area contributed by atoms with Crippen LogP contribution in [0.1, 0.15) is 41.5 Å². The van der Waals surface area contributed by atoms with Gasteiger partial charge in [-0.15, -0.1) is 0 Å². The first-order valence-corrected chi connectivity index (χ1v) is 9.28. The van der Waals surface area contributed by atoms with E-state index in [1.165, 1.54) is 23.2 Å². The molecule has 0 radical (unpaired) electrons. The molecule has 2 aromatic rings. The quantitative estimate of drug-likeness (QED) is 0.890. The maximum atomic E-state index is 5.41. The molecule has 1 aromatic carbocycles. The lowest BCUT2D eigenvalue weighted by atomic mass is 10.1. The second kappa shape index (κ2) is 7.60. The zero-order chi connectivity index (χ0) is 17.9. The molecule has 1 fully saturated rings. The molecule has 1 saturated heterocycles. The molecular weight excluding hydrogens is 328 g/mol. The zero-order valence-corrected chi connectivity index (χ0v) is 15.5. The predicted molar refractivity (Wildman–Crippen MR) is 99.4 cm³/mol. The van der Waals surface area contributed by atoms with Gasteiger partial charge in [-0.3, -0.25) is 4.90 Å². The van der Waals surface area contributed by atoms with Crippen LogP contribution in [0.5, 0.6) is 11.5 Å². The van der Waals surface area contributed by atoms with Gasteiger partial charge in [0.05, 0.1) is 20.3 Å². The van der Waals surface area contributed by atoms with E-state index in [1.807, 2.05) is 12.3 Å². The number of nitrogens with one attached hydrogen (secondary N) is 1. The Morgan fingerprint density at radius 3 is 2.88 bits per heavy atom. The molecule has 26 heavy (non-hydrogen) atoms. The molecule has 1 atom stereocenters. The van der Waals surface area contributed by atoms with Gasteiger partial charge in [0.2, 0.25) is 0 Å². The van der Waals surface area contributed by atoms with E-state index in [4.69, 9.17) is 14.5 Å².